The summed E-state index contributed by atoms with van der Waals surface area (Å²) in [5.41, 5.74) is 4.29. The molecule has 4 nitrogen and oxygen atoms in total. The van der Waals surface area contributed by atoms with Crippen LogP contribution in [0, 0.1) is 13.8 Å². The first-order valence-electron chi connectivity index (χ1n) is 7.34. The monoisotopic (exact) mass is 317 g/mol. The second-order valence-electron chi connectivity index (χ2n) is 5.13. The van der Waals surface area contributed by atoms with Gasteiger partial charge in [-0.2, -0.15) is 0 Å². The number of nitrogens with zero attached hydrogens (tertiary/aromatic N) is 3. The van der Waals surface area contributed by atoms with Gasteiger partial charge in [0.1, 0.15) is 0 Å². The van der Waals surface area contributed by atoms with E-state index >= 15 is 0 Å². The predicted molar refractivity (Wildman–Crippen MR) is 93.1 cm³/mol. The van der Waals surface area contributed by atoms with E-state index in [9.17, 15) is 0 Å². The Labute approximate surface area is 136 Å². The molecule has 0 radical (unpaired) electrons. The van der Waals surface area contributed by atoms with Gasteiger partial charge in [0, 0.05) is 29.9 Å². The molecule has 0 aliphatic rings. The Morgan fingerprint density at radius 3 is 2.36 bits per heavy atom. The lowest BCUT2D eigenvalue weighted by molar-refractivity contribution is 0.184. The van der Waals surface area contributed by atoms with Crippen LogP contribution in [0.25, 0.3) is 0 Å². The van der Waals surface area contributed by atoms with Crippen LogP contribution in [0.4, 0.5) is 11.6 Å². The van der Waals surface area contributed by atoms with Crippen molar-refractivity contribution in [1.29, 1.82) is 0 Å². The molecule has 0 bridgehead atoms. The Kier molecular flexibility index (Phi) is 5.80. The summed E-state index contributed by atoms with van der Waals surface area (Å²) in [6.07, 6.45) is 2.09. The standard InChI is InChI=1S/C17H23N3OS/c1-6-20(17-18-12(2)9-13(3)19-17)15-8-7-14(11-21-4)10-16(15)22-5/h7-10H,6,11H2,1-5H3. The van der Waals surface area contributed by atoms with E-state index in [1.165, 1.54) is 10.5 Å². The smallest absolute Gasteiger partial charge is 0.230 e. The molecule has 0 N–H and O–H groups in total. The van der Waals surface area contributed by atoms with Crippen molar-refractivity contribution in [3.8, 4) is 0 Å². The van der Waals surface area contributed by atoms with Crippen molar-refractivity contribution in [3.63, 3.8) is 0 Å². The number of ether oxygens (including phenoxy) is 1. The number of rotatable bonds is 6. The minimum absolute atomic E-state index is 0.625. The zero-order chi connectivity index (χ0) is 16.1. The van der Waals surface area contributed by atoms with Gasteiger partial charge in [0.25, 0.3) is 0 Å². The fourth-order valence-corrected chi connectivity index (χ4v) is 3.11. The van der Waals surface area contributed by atoms with Crippen LogP contribution in [0.15, 0.2) is 29.2 Å². The molecule has 1 heterocycles. The van der Waals surface area contributed by atoms with Gasteiger partial charge < -0.3 is 9.64 Å². The molecule has 22 heavy (non-hydrogen) atoms. The average Bonchev–Trinajstić information content (AvgIpc) is 2.48. The van der Waals surface area contributed by atoms with Crippen LogP contribution in [0.1, 0.15) is 23.9 Å². The molecule has 0 saturated carbocycles. The second-order valence-corrected chi connectivity index (χ2v) is 5.98. The van der Waals surface area contributed by atoms with Gasteiger partial charge in [-0.05, 0) is 50.8 Å². The fraction of sp³-hybridized carbons (Fsp3) is 0.412. The third kappa shape index (κ3) is 3.78. The molecule has 118 valence electrons. The van der Waals surface area contributed by atoms with Gasteiger partial charge >= 0.3 is 0 Å². The van der Waals surface area contributed by atoms with Crippen LogP contribution in [0.3, 0.4) is 0 Å². The first-order chi connectivity index (χ1) is 10.6. The largest absolute Gasteiger partial charge is 0.380 e. The topological polar surface area (TPSA) is 38.2 Å². The molecule has 0 atom stereocenters. The van der Waals surface area contributed by atoms with Crippen LogP contribution in [-0.2, 0) is 11.3 Å². The highest BCUT2D eigenvalue weighted by Crippen LogP contribution is 2.33. The molecular weight excluding hydrogens is 294 g/mol. The van der Waals surface area contributed by atoms with Gasteiger partial charge in [0.2, 0.25) is 5.95 Å². The Balaban J connectivity index is 2.46. The maximum absolute atomic E-state index is 5.22. The molecule has 0 spiro atoms. The van der Waals surface area contributed by atoms with E-state index in [-0.39, 0.29) is 0 Å². The van der Waals surface area contributed by atoms with Crippen molar-refractivity contribution in [2.24, 2.45) is 0 Å². The lowest BCUT2D eigenvalue weighted by Crippen LogP contribution is -2.20. The zero-order valence-corrected chi connectivity index (χ0v) is 14.7. The van der Waals surface area contributed by atoms with Crippen molar-refractivity contribution in [1.82, 2.24) is 9.97 Å². The number of thioether (sulfide) groups is 1. The molecule has 0 unspecified atom stereocenters. The Morgan fingerprint density at radius 2 is 1.82 bits per heavy atom. The average molecular weight is 317 g/mol. The summed E-state index contributed by atoms with van der Waals surface area (Å²) >= 11 is 1.73. The summed E-state index contributed by atoms with van der Waals surface area (Å²) in [6.45, 7) is 7.57. The summed E-state index contributed by atoms with van der Waals surface area (Å²) in [4.78, 5) is 12.6. The molecule has 2 aromatic rings. The van der Waals surface area contributed by atoms with Gasteiger partial charge in [-0.3, -0.25) is 0 Å². The van der Waals surface area contributed by atoms with Gasteiger partial charge in [0.15, 0.2) is 0 Å². The van der Waals surface area contributed by atoms with Crippen LogP contribution in [-0.4, -0.2) is 29.9 Å². The third-order valence-corrected chi connectivity index (χ3v) is 4.14. The van der Waals surface area contributed by atoms with Crippen molar-refractivity contribution in [3.05, 3.63) is 41.2 Å². The molecule has 0 saturated heterocycles. The molecule has 0 aliphatic heterocycles. The summed E-state index contributed by atoms with van der Waals surface area (Å²) in [5.74, 6) is 0.759. The van der Waals surface area contributed by atoms with E-state index in [1.807, 2.05) is 19.9 Å². The fourth-order valence-electron chi connectivity index (χ4n) is 2.45. The maximum Gasteiger partial charge on any atom is 0.230 e. The predicted octanol–water partition coefficient (Wildman–Crippen LogP) is 4.12. The van der Waals surface area contributed by atoms with Crippen molar-refractivity contribution >= 4 is 23.4 Å². The van der Waals surface area contributed by atoms with E-state index in [0.29, 0.717) is 6.61 Å². The molecule has 0 amide bonds. The van der Waals surface area contributed by atoms with E-state index in [4.69, 9.17) is 4.74 Å². The SMILES string of the molecule is CCN(c1nc(C)cc(C)n1)c1ccc(COC)cc1SC. The highest BCUT2D eigenvalue weighted by atomic mass is 32.2. The number of benzene rings is 1. The van der Waals surface area contributed by atoms with Gasteiger partial charge in [0.05, 0.1) is 12.3 Å². The van der Waals surface area contributed by atoms with Crippen molar-refractivity contribution in [2.75, 3.05) is 24.8 Å². The van der Waals surface area contributed by atoms with E-state index in [1.54, 1.807) is 18.9 Å². The summed E-state index contributed by atoms with van der Waals surface area (Å²) in [5, 5.41) is 0. The van der Waals surface area contributed by atoms with Crippen molar-refractivity contribution in [2.45, 2.75) is 32.3 Å². The van der Waals surface area contributed by atoms with Crippen LogP contribution in [0.5, 0.6) is 0 Å². The third-order valence-electron chi connectivity index (χ3n) is 3.37. The summed E-state index contributed by atoms with van der Waals surface area (Å²) in [6, 6.07) is 8.40. The molecular formula is C17H23N3OS. The van der Waals surface area contributed by atoms with Gasteiger partial charge in [-0.25, -0.2) is 9.97 Å². The van der Waals surface area contributed by atoms with E-state index in [0.717, 1.165) is 29.6 Å². The molecule has 2 rings (SSSR count). The first-order valence-corrected chi connectivity index (χ1v) is 8.57. The number of aryl methyl sites for hydroxylation is 2. The highest BCUT2D eigenvalue weighted by molar-refractivity contribution is 7.98. The summed E-state index contributed by atoms with van der Waals surface area (Å²) in [7, 11) is 1.72. The first kappa shape index (κ1) is 16.8. The quantitative estimate of drug-likeness (QED) is 0.749. The molecule has 0 fully saturated rings. The van der Waals surface area contributed by atoms with Crippen LogP contribution < -0.4 is 4.90 Å². The van der Waals surface area contributed by atoms with Crippen LogP contribution in [0.2, 0.25) is 0 Å². The number of aromatic nitrogens is 2. The number of methoxy groups -OCH3 is 1. The minimum atomic E-state index is 0.625. The minimum Gasteiger partial charge on any atom is -0.380 e. The normalized spacial score (nSPS) is 10.8. The highest BCUT2D eigenvalue weighted by Gasteiger charge is 2.15. The van der Waals surface area contributed by atoms with Crippen molar-refractivity contribution < 1.29 is 4.74 Å². The lowest BCUT2D eigenvalue weighted by atomic mass is 10.2. The number of anilines is 2. The molecule has 1 aromatic carbocycles. The summed E-state index contributed by atoms with van der Waals surface area (Å²) < 4.78 is 5.22. The Hall–Kier alpha value is -1.59. The number of hydrogen-bond acceptors (Lipinski definition) is 5. The van der Waals surface area contributed by atoms with E-state index < -0.39 is 0 Å². The van der Waals surface area contributed by atoms with Gasteiger partial charge in [-0.15, -0.1) is 11.8 Å². The van der Waals surface area contributed by atoms with E-state index in [2.05, 4.69) is 46.2 Å². The molecule has 0 aliphatic carbocycles. The number of hydrogen-bond donors (Lipinski definition) is 0. The lowest BCUT2D eigenvalue weighted by Gasteiger charge is -2.24. The van der Waals surface area contributed by atoms with Gasteiger partial charge in [-0.1, -0.05) is 6.07 Å². The molecule has 1 aromatic heterocycles. The molecule has 5 heteroatoms. The Bertz CT molecular complexity index is 626. The maximum atomic E-state index is 5.22. The van der Waals surface area contributed by atoms with Crippen LogP contribution >= 0.6 is 11.8 Å². The Morgan fingerprint density at radius 1 is 1.14 bits per heavy atom. The zero-order valence-electron chi connectivity index (χ0n) is 13.9. The second kappa shape index (κ2) is 7.61.